The summed E-state index contributed by atoms with van der Waals surface area (Å²) < 4.78 is 10.8. The highest BCUT2D eigenvalue weighted by molar-refractivity contribution is 5.94. The highest BCUT2D eigenvalue weighted by Crippen LogP contribution is 2.41. The van der Waals surface area contributed by atoms with Gasteiger partial charge in [-0.2, -0.15) is 9.97 Å². The van der Waals surface area contributed by atoms with E-state index in [-0.39, 0.29) is 11.9 Å². The van der Waals surface area contributed by atoms with Crippen molar-refractivity contribution in [1.29, 1.82) is 0 Å². The van der Waals surface area contributed by atoms with Gasteiger partial charge in [0.05, 0.1) is 7.11 Å². The van der Waals surface area contributed by atoms with Crippen molar-refractivity contribution in [2.75, 3.05) is 23.9 Å². The number of amides is 1. The third kappa shape index (κ3) is 3.85. The maximum Gasteiger partial charge on any atom is 0.234 e. The number of carbonyl (C=O) groups is 1. The number of carbonyl (C=O) groups excluding carboxylic acids is 1. The van der Waals surface area contributed by atoms with Gasteiger partial charge in [-0.1, -0.05) is 56.3 Å². The molecule has 1 amide bonds. The van der Waals surface area contributed by atoms with Gasteiger partial charge in [0.1, 0.15) is 23.3 Å². The summed E-state index contributed by atoms with van der Waals surface area (Å²) in [5.41, 5.74) is 2.89. The molecule has 0 radical (unpaired) electrons. The Hall–Kier alpha value is -3.42. The number of methoxy groups -OCH3 is 1. The predicted molar refractivity (Wildman–Crippen MR) is 113 cm³/mol. The Balaban J connectivity index is 1.82. The number of rotatable bonds is 4. The maximum absolute atomic E-state index is 12.5. The number of benzene rings is 1. The summed E-state index contributed by atoms with van der Waals surface area (Å²) in [6.07, 6.45) is 2.40. The first-order valence-electron chi connectivity index (χ1n) is 9.87. The Labute approximate surface area is 175 Å². The van der Waals surface area contributed by atoms with Crippen molar-refractivity contribution in [2.45, 2.75) is 33.7 Å². The van der Waals surface area contributed by atoms with Crippen LogP contribution < -0.4 is 15.0 Å². The average Bonchev–Trinajstić information content (AvgIpc) is 3.13. The summed E-state index contributed by atoms with van der Waals surface area (Å²) in [5.74, 6) is 1.03. The third-order valence-electron chi connectivity index (χ3n) is 5.00. The van der Waals surface area contributed by atoms with Gasteiger partial charge in [0, 0.05) is 24.1 Å². The first kappa shape index (κ1) is 19.9. The molecule has 1 N–H and O–H groups in total. The lowest BCUT2D eigenvalue weighted by Gasteiger charge is -2.25. The van der Waals surface area contributed by atoms with Gasteiger partial charge >= 0.3 is 0 Å². The molecule has 1 aromatic carbocycles. The zero-order chi connectivity index (χ0) is 21.3. The van der Waals surface area contributed by atoms with E-state index < -0.39 is 5.41 Å². The van der Waals surface area contributed by atoms with Gasteiger partial charge in [-0.3, -0.25) is 10.1 Å². The van der Waals surface area contributed by atoms with Crippen LogP contribution in [0.15, 0.2) is 41.1 Å². The van der Waals surface area contributed by atoms with Gasteiger partial charge in [0.15, 0.2) is 0 Å². The Morgan fingerprint density at radius 3 is 2.70 bits per heavy atom. The molecule has 0 fully saturated rings. The fourth-order valence-electron chi connectivity index (χ4n) is 3.32. The van der Waals surface area contributed by atoms with Gasteiger partial charge in [-0.15, -0.1) is 0 Å². The number of fused-ring (bicyclic) bond motifs is 3. The van der Waals surface area contributed by atoms with E-state index in [1.165, 1.54) is 0 Å². The zero-order valence-electron chi connectivity index (χ0n) is 17.6. The van der Waals surface area contributed by atoms with Crippen LogP contribution in [0.1, 0.15) is 31.9 Å². The number of nitrogens with zero attached hydrogens (tertiary/aromatic N) is 4. The van der Waals surface area contributed by atoms with Crippen molar-refractivity contribution in [3.8, 4) is 17.1 Å². The first-order valence-corrected chi connectivity index (χ1v) is 9.87. The summed E-state index contributed by atoms with van der Waals surface area (Å²) in [4.78, 5) is 23.8. The van der Waals surface area contributed by atoms with Crippen LogP contribution in [-0.2, 0) is 17.8 Å². The fourth-order valence-corrected chi connectivity index (χ4v) is 3.32. The molecule has 0 bridgehead atoms. The molecule has 0 unspecified atom stereocenters. The van der Waals surface area contributed by atoms with Crippen LogP contribution in [0.5, 0.6) is 5.88 Å². The molecule has 4 rings (SSSR count). The third-order valence-corrected chi connectivity index (χ3v) is 5.00. The lowest BCUT2D eigenvalue weighted by molar-refractivity contribution is -0.123. The van der Waals surface area contributed by atoms with Crippen LogP contribution in [0.2, 0.25) is 0 Å². The van der Waals surface area contributed by atoms with Crippen molar-refractivity contribution < 1.29 is 14.1 Å². The van der Waals surface area contributed by atoms with Crippen molar-refractivity contribution >= 4 is 17.7 Å². The summed E-state index contributed by atoms with van der Waals surface area (Å²) in [5, 5.41) is 7.01. The minimum Gasteiger partial charge on any atom is -0.480 e. The molecule has 2 aromatic heterocycles. The number of anilines is 2. The van der Waals surface area contributed by atoms with Crippen molar-refractivity contribution in [3.05, 3.63) is 47.7 Å². The Kier molecular flexibility index (Phi) is 5.15. The second-order valence-electron chi connectivity index (χ2n) is 8.30. The molecule has 1 aliphatic heterocycles. The first-order chi connectivity index (χ1) is 14.4. The van der Waals surface area contributed by atoms with Crippen LogP contribution in [0.25, 0.3) is 11.3 Å². The minimum atomic E-state index is -0.577. The van der Waals surface area contributed by atoms with Crippen LogP contribution in [0, 0.1) is 5.41 Å². The molecule has 0 saturated heterocycles. The molecule has 0 atom stereocenters. The highest BCUT2D eigenvalue weighted by Gasteiger charge is 2.30. The summed E-state index contributed by atoms with van der Waals surface area (Å²) in [6, 6.07) is 10.2. The van der Waals surface area contributed by atoms with Crippen LogP contribution in [0.3, 0.4) is 0 Å². The second-order valence-corrected chi connectivity index (χ2v) is 8.30. The molecular weight excluding hydrogens is 382 g/mol. The number of ether oxygens (including phenoxy) is 1. The van der Waals surface area contributed by atoms with Gasteiger partial charge in [0.2, 0.25) is 17.7 Å². The quantitative estimate of drug-likeness (QED) is 0.705. The van der Waals surface area contributed by atoms with E-state index in [1.807, 2.05) is 39.0 Å². The standard InChI is InChI=1S/C22H25N5O3/c1-22(2,3)20(28)25-21-23-18-16(19(24-21)29-4)17-15(13-30-26-17)10-11-27(18)12-14-8-6-5-7-9-14/h5-9,13H,10-12H2,1-4H3,(H,23,24,25,28). The summed E-state index contributed by atoms with van der Waals surface area (Å²) in [7, 11) is 1.55. The summed E-state index contributed by atoms with van der Waals surface area (Å²) >= 11 is 0. The van der Waals surface area contributed by atoms with E-state index in [2.05, 4.69) is 32.5 Å². The van der Waals surface area contributed by atoms with E-state index in [9.17, 15) is 4.79 Å². The average molecular weight is 407 g/mol. The predicted octanol–water partition coefficient (Wildman–Crippen LogP) is 3.69. The molecule has 0 aliphatic carbocycles. The van der Waals surface area contributed by atoms with E-state index >= 15 is 0 Å². The molecule has 0 spiro atoms. The summed E-state index contributed by atoms with van der Waals surface area (Å²) in [6.45, 7) is 6.89. The van der Waals surface area contributed by atoms with Crippen molar-refractivity contribution in [3.63, 3.8) is 0 Å². The van der Waals surface area contributed by atoms with Gasteiger partial charge in [-0.05, 0) is 12.0 Å². The van der Waals surface area contributed by atoms with Gasteiger partial charge < -0.3 is 14.2 Å². The second kappa shape index (κ2) is 7.78. The monoisotopic (exact) mass is 407 g/mol. The molecule has 30 heavy (non-hydrogen) atoms. The number of hydrogen-bond acceptors (Lipinski definition) is 7. The fraction of sp³-hybridized carbons (Fsp3) is 0.364. The number of nitrogens with one attached hydrogen (secondary N) is 1. The number of aromatic nitrogens is 3. The lowest BCUT2D eigenvalue weighted by atomic mass is 9.96. The van der Waals surface area contributed by atoms with E-state index in [1.54, 1.807) is 13.4 Å². The van der Waals surface area contributed by atoms with Crippen LogP contribution in [-0.4, -0.2) is 34.7 Å². The molecule has 1 aliphatic rings. The van der Waals surface area contributed by atoms with Gasteiger partial charge in [-0.25, -0.2) is 0 Å². The highest BCUT2D eigenvalue weighted by atomic mass is 16.5. The van der Waals surface area contributed by atoms with E-state index in [0.29, 0.717) is 36.0 Å². The molecular formula is C22H25N5O3. The van der Waals surface area contributed by atoms with Crippen molar-refractivity contribution in [1.82, 2.24) is 15.1 Å². The Bertz CT molecular complexity index is 1060. The number of hydrogen-bond donors (Lipinski definition) is 1. The molecule has 8 heteroatoms. The zero-order valence-corrected chi connectivity index (χ0v) is 17.6. The SMILES string of the molecule is COc1nc(NC(=O)C(C)(C)C)nc2c1-c1nocc1CCN2Cc1ccccc1. The largest absolute Gasteiger partial charge is 0.480 e. The Morgan fingerprint density at radius 1 is 1.23 bits per heavy atom. The Morgan fingerprint density at radius 2 is 2.00 bits per heavy atom. The molecule has 8 nitrogen and oxygen atoms in total. The topological polar surface area (TPSA) is 93.4 Å². The molecule has 3 heterocycles. The smallest absolute Gasteiger partial charge is 0.234 e. The van der Waals surface area contributed by atoms with Crippen LogP contribution >= 0.6 is 0 Å². The maximum atomic E-state index is 12.5. The van der Waals surface area contributed by atoms with E-state index in [4.69, 9.17) is 14.2 Å². The molecule has 0 saturated carbocycles. The minimum absolute atomic E-state index is 0.171. The molecule has 3 aromatic rings. The normalized spacial score (nSPS) is 13.3. The van der Waals surface area contributed by atoms with Crippen LogP contribution in [0.4, 0.5) is 11.8 Å². The van der Waals surface area contributed by atoms with Crippen molar-refractivity contribution in [2.24, 2.45) is 5.41 Å². The molecule has 156 valence electrons. The van der Waals surface area contributed by atoms with E-state index in [0.717, 1.165) is 17.5 Å². The van der Waals surface area contributed by atoms with Gasteiger partial charge in [0.25, 0.3) is 0 Å². The lowest BCUT2D eigenvalue weighted by Crippen LogP contribution is -2.30.